The van der Waals surface area contributed by atoms with Gasteiger partial charge in [-0.2, -0.15) is 5.10 Å². The predicted molar refractivity (Wildman–Crippen MR) is 95.6 cm³/mol. The first-order valence-corrected chi connectivity index (χ1v) is 6.74. The van der Waals surface area contributed by atoms with Gasteiger partial charge in [-0.25, -0.2) is 0 Å². The average Bonchev–Trinajstić information content (AvgIpc) is 2.85. The Morgan fingerprint density at radius 1 is 1.38 bits per heavy atom. The van der Waals surface area contributed by atoms with Gasteiger partial charge in [0, 0.05) is 6.20 Å². The lowest BCUT2D eigenvalue weighted by Crippen LogP contribution is -2.25. The lowest BCUT2D eigenvalue weighted by Gasteiger charge is -2.14. The number of aryl methyl sites for hydroxylation is 1. The highest BCUT2D eigenvalue weighted by Crippen LogP contribution is 2.29. The molecule has 2 rings (SSSR count). The lowest BCUT2D eigenvalue weighted by atomic mass is 10.3. The minimum absolute atomic E-state index is 0. The van der Waals surface area contributed by atoms with Crippen molar-refractivity contribution in [3.05, 3.63) is 42.2 Å². The molecule has 1 aromatic heterocycles. The van der Waals surface area contributed by atoms with Crippen molar-refractivity contribution in [2.45, 2.75) is 19.8 Å². The molecule has 0 aliphatic heterocycles. The Bertz CT molecular complexity index is 687. The van der Waals surface area contributed by atoms with Crippen LogP contribution in [0.2, 0.25) is 0 Å². The molecule has 1 aromatic carbocycles. The van der Waals surface area contributed by atoms with Crippen molar-refractivity contribution < 1.29 is 17.9 Å². The Balaban J connectivity index is 0.00000288. The molecule has 1 heterocycles. The highest BCUT2D eigenvalue weighted by molar-refractivity contribution is 14.0. The van der Waals surface area contributed by atoms with Crippen LogP contribution in [0.1, 0.15) is 5.56 Å². The fourth-order valence-corrected chi connectivity index (χ4v) is 1.82. The SMILES string of the molecule is Cc1cnn(CCN=C(N)Nc2ccccc2OC(F)(F)F)c1.I. The maximum absolute atomic E-state index is 12.3. The summed E-state index contributed by atoms with van der Waals surface area (Å²) in [4.78, 5) is 4.05. The third kappa shape index (κ3) is 6.64. The molecule has 0 spiro atoms. The second-order valence-corrected chi connectivity index (χ2v) is 4.72. The fraction of sp³-hybridized carbons (Fsp3) is 0.286. The molecule has 0 amide bonds. The van der Waals surface area contributed by atoms with Crippen molar-refractivity contribution in [1.29, 1.82) is 0 Å². The third-order valence-electron chi connectivity index (χ3n) is 2.75. The molecule has 24 heavy (non-hydrogen) atoms. The van der Waals surface area contributed by atoms with Gasteiger partial charge in [0.1, 0.15) is 0 Å². The maximum Gasteiger partial charge on any atom is 0.573 e. The van der Waals surface area contributed by atoms with E-state index in [1.54, 1.807) is 16.9 Å². The normalized spacial score (nSPS) is 11.8. The van der Waals surface area contributed by atoms with E-state index in [1.807, 2.05) is 13.1 Å². The number of guanidine groups is 1. The highest BCUT2D eigenvalue weighted by Gasteiger charge is 2.32. The van der Waals surface area contributed by atoms with E-state index < -0.39 is 6.36 Å². The summed E-state index contributed by atoms with van der Waals surface area (Å²) in [6.07, 6.45) is -1.21. The van der Waals surface area contributed by atoms with E-state index >= 15 is 0 Å². The summed E-state index contributed by atoms with van der Waals surface area (Å²) >= 11 is 0. The minimum atomic E-state index is -4.78. The number of nitrogens with two attached hydrogens (primary N) is 1. The van der Waals surface area contributed by atoms with Gasteiger partial charge in [-0.05, 0) is 24.6 Å². The van der Waals surface area contributed by atoms with Crippen LogP contribution in [0.15, 0.2) is 41.7 Å². The minimum Gasteiger partial charge on any atom is -0.404 e. The van der Waals surface area contributed by atoms with E-state index in [2.05, 4.69) is 20.1 Å². The second-order valence-electron chi connectivity index (χ2n) is 4.72. The molecule has 0 saturated carbocycles. The summed E-state index contributed by atoms with van der Waals surface area (Å²) in [5.74, 6) is -0.382. The van der Waals surface area contributed by atoms with Gasteiger partial charge in [0.15, 0.2) is 11.7 Å². The number of nitrogens with one attached hydrogen (secondary N) is 1. The van der Waals surface area contributed by atoms with Gasteiger partial charge in [-0.1, -0.05) is 12.1 Å². The van der Waals surface area contributed by atoms with Crippen molar-refractivity contribution in [2.75, 3.05) is 11.9 Å². The molecule has 6 nitrogen and oxygen atoms in total. The number of anilines is 1. The number of halogens is 4. The first kappa shape index (κ1) is 20.1. The number of aromatic nitrogens is 2. The predicted octanol–water partition coefficient (Wildman–Crippen LogP) is 3.13. The Hall–Kier alpha value is -1.98. The number of hydrogen-bond acceptors (Lipinski definition) is 3. The highest BCUT2D eigenvalue weighted by atomic mass is 127. The zero-order chi connectivity index (χ0) is 16.9. The Morgan fingerprint density at radius 2 is 2.08 bits per heavy atom. The van der Waals surface area contributed by atoms with Crippen LogP contribution in [0.3, 0.4) is 0 Å². The molecule has 0 atom stereocenters. The van der Waals surface area contributed by atoms with Crippen molar-refractivity contribution in [1.82, 2.24) is 9.78 Å². The number of nitrogens with zero attached hydrogens (tertiary/aromatic N) is 3. The second kappa shape index (κ2) is 8.76. The van der Waals surface area contributed by atoms with E-state index in [-0.39, 0.29) is 41.4 Å². The van der Waals surface area contributed by atoms with Gasteiger partial charge in [0.05, 0.1) is 25.0 Å². The van der Waals surface area contributed by atoms with E-state index in [4.69, 9.17) is 5.73 Å². The summed E-state index contributed by atoms with van der Waals surface area (Å²) in [5.41, 5.74) is 6.79. The smallest absolute Gasteiger partial charge is 0.404 e. The Morgan fingerprint density at radius 3 is 2.71 bits per heavy atom. The average molecular weight is 455 g/mol. The summed E-state index contributed by atoms with van der Waals surface area (Å²) in [6.45, 7) is 2.76. The van der Waals surface area contributed by atoms with Crippen LogP contribution in [-0.4, -0.2) is 28.6 Å². The first-order valence-electron chi connectivity index (χ1n) is 6.74. The molecule has 0 aliphatic carbocycles. The molecular weight excluding hydrogens is 438 g/mol. The first-order chi connectivity index (χ1) is 10.8. The molecule has 0 unspecified atom stereocenters. The van der Waals surface area contributed by atoms with Crippen LogP contribution < -0.4 is 15.8 Å². The Kier molecular flexibility index (Phi) is 7.32. The van der Waals surface area contributed by atoms with Gasteiger partial charge in [0.2, 0.25) is 0 Å². The molecule has 132 valence electrons. The summed E-state index contributed by atoms with van der Waals surface area (Å²) in [6, 6.07) is 5.60. The molecule has 0 bridgehead atoms. The standard InChI is InChI=1S/C14H16F3N5O.HI/c1-10-8-20-22(9-10)7-6-19-13(18)21-11-4-2-3-5-12(11)23-14(15,16)17;/h2-5,8-9H,6-7H2,1H3,(H3,18,19,21);1H. The quantitative estimate of drug-likeness (QED) is 0.413. The number of rotatable bonds is 5. The van der Waals surface area contributed by atoms with Gasteiger partial charge in [0.25, 0.3) is 0 Å². The zero-order valence-corrected chi connectivity index (χ0v) is 15.1. The molecule has 2 aromatic rings. The topological polar surface area (TPSA) is 77.5 Å². The monoisotopic (exact) mass is 455 g/mol. The zero-order valence-electron chi connectivity index (χ0n) is 12.7. The van der Waals surface area contributed by atoms with E-state index in [0.717, 1.165) is 5.56 Å². The summed E-state index contributed by atoms with van der Waals surface area (Å²) < 4.78 is 42.6. The van der Waals surface area contributed by atoms with Crippen molar-refractivity contribution in [2.24, 2.45) is 10.7 Å². The number of ether oxygens (including phenoxy) is 1. The van der Waals surface area contributed by atoms with Crippen molar-refractivity contribution >= 4 is 35.6 Å². The summed E-state index contributed by atoms with van der Waals surface area (Å²) in [5, 5.41) is 6.69. The van der Waals surface area contributed by atoms with Crippen molar-refractivity contribution in [3.8, 4) is 5.75 Å². The van der Waals surface area contributed by atoms with Crippen LogP contribution in [0.25, 0.3) is 0 Å². The number of benzene rings is 1. The molecule has 3 N–H and O–H groups in total. The molecular formula is C14H17F3IN5O. The molecule has 0 fully saturated rings. The van der Waals surface area contributed by atoms with Crippen LogP contribution in [0.4, 0.5) is 18.9 Å². The van der Waals surface area contributed by atoms with Crippen LogP contribution >= 0.6 is 24.0 Å². The van der Waals surface area contributed by atoms with E-state index in [9.17, 15) is 13.2 Å². The van der Waals surface area contributed by atoms with E-state index in [1.165, 1.54) is 18.2 Å². The van der Waals surface area contributed by atoms with Crippen LogP contribution in [0.5, 0.6) is 5.75 Å². The largest absolute Gasteiger partial charge is 0.573 e. The summed E-state index contributed by atoms with van der Waals surface area (Å²) in [7, 11) is 0. The molecule has 0 aliphatic rings. The number of para-hydroxylation sites is 2. The van der Waals surface area contributed by atoms with Gasteiger partial charge in [-0.3, -0.25) is 9.67 Å². The molecule has 0 radical (unpaired) electrons. The third-order valence-corrected chi connectivity index (χ3v) is 2.75. The van der Waals surface area contributed by atoms with Gasteiger partial charge in [-0.15, -0.1) is 37.1 Å². The molecule has 10 heteroatoms. The number of aliphatic imine (C=N–C) groups is 1. The van der Waals surface area contributed by atoms with Gasteiger partial charge < -0.3 is 15.8 Å². The number of hydrogen-bond donors (Lipinski definition) is 2. The lowest BCUT2D eigenvalue weighted by molar-refractivity contribution is -0.274. The maximum atomic E-state index is 12.3. The fourth-order valence-electron chi connectivity index (χ4n) is 1.82. The number of alkyl halides is 3. The Labute approximate surface area is 153 Å². The van der Waals surface area contributed by atoms with Crippen LogP contribution in [0, 0.1) is 6.92 Å². The van der Waals surface area contributed by atoms with Crippen molar-refractivity contribution in [3.63, 3.8) is 0 Å². The van der Waals surface area contributed by atoms with Crippen LogP contribution in [-0.2, 0) is 6.54 Å². The van der Waals surface area contributed by atoms with Gasteiger partial charge >= 0.3 is 6.36 Å². The molecule has 0 saturated heterocycles. The van der Waals surface area contributed by atoms with E-state index in [0.29, 0.717) is 13.1 Å².